The number of ether oxygens (including phenoxy) is 1. The lowest BCUT2D eigenvalue weighted by atomic mass is 10.0. The molecule has 0 saturated carbocycles. The summed E-state index contributed by atoms with van der Waals surface area (Å²) in [6.07, 6.45) is 2.75. The summed E-state index contributed by atoms with van der Waals surface area (Å²) in [4.78, 5) is 43.2. The summed E-state index contributed by atoms with van der Waals surface area (Å²) in [6.45, 7) is 8.02. The fourth-order valence-corrected chi connectivity index (χ4v) is 5.48. The van der Waals surface area contributed by atoms with E-state index in [0.29, 0.717) is 25.1 Å². The molecule has 0 aromatic heterocycles. The second-order valence-electron chi connectivity index (χ2n) is 10.5. The summed E-state index contributed by atoms with van der Waals surface area (Å²) in [5.41, 5.74) is 9.73. The number of piperidine rings is 1. The zero-order valence-corrected chi connectivity index (χ0v) is 22.0. The number of imide groups is 1. The minimum Gasteiger partial charge on any atom is -0.494 e. The third-order valence-electron chi connectivity index (χ3n) is 7.79. The van der Waals surface area contributed by atoms with Crippen molar-refractivity contribution in [2.24, 2.45) is 5.73 Å². The van der Waals surface area contributed by atoms with Gasteiger partial charge in [0.15, 0.2) is 0 Å². The van der Waals surface area contributed by atoms with E-state index >= 15 is 0 Å². The summed E-state index contributed by atoms with van der Waals surface area (Å²) in [5.74, 6) is 0.117. The van der Waals surface area contributed by atoms with Crippen molar-refractivity contribution in [1.82, 2.24) is 15.1 Å². The van der Waals surface area contributed by atoms with Gasteiger partial charge in [-0.1, -0.05) is 12.1 Å². The van der Waals surface area contributed by atoms with Crippen LogP contribution in [-0.2, 0) is 16.1 Å². The first-order valence-corrected chi connectivity index (χ1v) is 13.6. The molecule has 2 aromatic carbocycles. The number of fused-ring (bicyclic) bond motifs is 1. The number of piperazine rings is 1. The number of unbranched alkanes of at least 4 members (excludes halogenated alkanes) is 1. The minimum absolute atomic E-state index is 0.0340. The van der Waals surface area contributed by atoms with Crippen molar-refractivity contribution in [3.05, 3.63) is 59.2 Å². The van der Waals surface area contributed by atoms with E-state index in [4.69, 9.17) is 10.5 Å². The Morgan fingerprint density at radius 3 is 2.50 bits per heavy atom. The van der Waals surface area contributed by atoms with Crippen LogP contribution in [0.3, 0.4) is 0 Å². The quantitative estimate of drug-likeness (QED) is 0.387. The molecule has 3 aliphatic heterocycles. The number of hydrogen-bond donors (Lipinski definition) is 2. The molecular weight excluding hydrogens is 482 g/mol. The van der Waals surface area contributed by atoms with Gasteiger partial charge in [0.25, 0.3) is 5.91 Å². The average molecular weight is 520 g/mol. The van der Waals surface area contributed by atoms with Crippen LogP contribution in [0.4, 0.5) is 5.69 Å². The first kappa shape index (κ1) is 26.2. The number of rotatable bonds is 9. The Balaban J connectivity index is 1.05. The van der Waals surface area contributed by atoms with Gasteiger partial charge in [0.05, 0.1) is 6.61 Å². The monoisotopic (exact) mass is 519 g/mol. The fourth-order valence-electron chi connectivity index (χ4n) is 5.48. The van der Waals surface area contributed by atoms with Crippen LogP contribution in [0, 0.1) is 0 Å². The smallest absolute Gasteiger partial charge is 0.255 e. The van der Waals surface area contributed by atoms with Gasteiger partial charge in [0.2, 0.25) is 11.8 Å². The van der Waals surface area contributed by atoms with Crippen molar-refractivity contribution in [2.45, 2.75) is 51.2 Å². The number of nitrogens with zero attached hydrogens (tertiary/aromatic N) is 3. The molecule has 3 amide bonds. The largest absolute Gasteiger partial charge is 0.494 e. The van der Waals surface area contributed by atoms with E-state index in [0.717, 1.165) is 68.1 Å². The zero-order valence-electron chi connectivity index (χ0n) is 22.0. The minimum atomic E-state index is -0.578. The Hall–Kier alpha value is -3.43. The Bertz CT molecular complexity index is 1170. The molecule has 202 valence electrons. The lowest BCUT2D eigenvalue weighted by Crippen LogP contribution is -2.52. The highest BCUT2D eigenvalue weighted by Crippen LogP contribution is 2.31. The van der Waals surface area contributed by atoms with Gasteiger partial charge in [-0.15, -0.1) is 0 Å². The van der Waals surface area contributed by atoms with E-state index in [-0.39, 0.29) is 30.2 Å². The van der Waals surface area contributed by atoms with Crippen LogP contribution in [0.15, 0.2) is 42.5 Å². The van der Waals surface area contributed by atoms with Crippen LogP contribution in [0.5, 0.6) is 5.75 Å². The summed E-state index contributed by atoms with van der Waals surface area (Å²) in [7, 11) is 0. The molecule has 5 rings (SSSR count). The molecule has 0 spiro atoms. The van der Waals surface area contributed by atoms with Crippen LogP contribution in [0.2, 0.25) is 0 Å². The van der Waals surface area contributed by atoms with Crippen LogP contribution >= 0.6 is 0 Å². The van der Waals surface area contributed by atoms with Crippen molar-refractivity contribution >= 4 is 23.4 Å². The van der Waals surface area contributed by atoms with Crippen molar-refractivity contribution in [3.63, 3.8) is 0 Å². The predicted octanol–water partition coefficient (Wildman–Crippen LogP) is 2.45. The highest BCUT2D eigenvalue weighted by Gasteiger charge is 2.39. The van der Waals surface area contributed by atoms with E-state index in [2.05, 4.69) is 21.2 Å². The number of amides is 3. The van der Waals surface area contributed by atoms with Gasteiger partial charge in [-0.25, -0.2) is 0 Å². The maximum atomic E-state index is 12.9. The third kappa shape index (κ3) is 5.84. The molecule has 1 unspecified atom stereocenters. The van der Waals surface area contributed by atoms with Crippen molar-refractivity contribution in [3.8, 4) is 5.75 Å². The Kier molecular flexibility index (Phi) is 7.95. The Labute approximate surface area is 223 Å². The molecule has 9 nitrogen and oxygen atoms in total. The summed E-state index contributed by atoms with van der Waals surface area (Å²) < 4.78 is 5.87. The number of nitrogens with one attached hydrogen (secondary N) is 1. The first-order valence-electron chi connectivity index (χ1n) is 13.6. The highest BCUT2D eigenvalue weighted by atomic mass is 16.5. The molecule has 2 fully saturated rings. The van der Waals surface area contributed by atoms with Crippen LogP contribution in [0.25, 0.3) is 0 Å². The number of benzene rings is 2. The maximum absolute atomic E-state index is 12.9. The molecule has 0 bridgehead atoms. The maximum Gasteiger partial charge on any atom is 0.255 e. The van der Waals surface area contributed by atoms with Gasteiger partial charge in [-0.3, -0.25) is 24.6 Å². The van der Waals surface area contributed by atoms with E-state index < -0.39 is 6.04 Å². The lowest BCUT2D eigenvalue weighted by molar-refractivity contribution is -0.136. The van der Waals surface area contributed by atoms with Crippen LogP contribution in [0.1, 0.15) is 60.1 Å². The molecule has 9 heteroatoms. The second-order valence-corrected chi connectivity index (χ2v) is 10.5. The molecule has 2 saturated heterocycles. The van der Waals surface area contributed by atoms with Crippen molar-refractivity contribution in [1.29, 1.82) is 0 Å². The second kappa shape index (κ2) is 11.5. The molecule has 3 N–H and O–H groups in total. The molecule has 3 heterocycles. The van der Waals surface area contributed by atoms with Crippen LogP contribution < -0.4 is 20.7 Å². The van der Waals surface area contributed by atoms with E-state index in [1.54, 1.807) is 4.90 Å². The molecule has 2 aromatic rings. The summed E-state index contributed by atoms with van der Waals surface area (Å²) in [5, 5.41) is 2.36. The number of nitrogens with two attached hydrogens (primary N) is 1. The summed E-state index contributed by atoms with van der Waals surface area (Å²) in [6, 6.07) is 13.5. The Morgan fingerprint density at radius 2 is 1.79 bits per heavy atom. The highest BCUT2D eigenvalue weighted by molar-refractivity contribution is 6.05. The normalized spacial score (nSPS) is 20.9. The number of carbonyl (C=O) groups excluding carboxylic acids is 3. The third-order valence-corrected chi connectivity index (χ3v) is 7.79. The van der Waals surface area contributed by atoms with Gasteiger partial charge < -0.3 is 20.3 Å². The first-order chi connectivity index (χ1) is 18.4. The molecule has 2 atom stereocenters. The van der Waals surface area contributed by atoms with E-state index in [1.165, 1.54) is 0 Å². The molecule has 0 aliphatic carbocycles. The van der Waals surface area contributed by atoms with Gasteiger partial charge in [0.1, 0.15) is 11.8 Å². The fraction of sp³-hybridized carbons (Fsp3) is 0.483. The number of anilines is 1. The SMILES string of the molecule is C[C@H](N)c1ccc(OCCCCN2CCN(c3ccc4c(c3)CN(C3CCC(=O)NC3=O)C4=O)CC2)cc1. The standard InChI is InChI=1S/C29H37N5O4/c1-20(30)21-4-7-24(8-5-21)38-17-3-2-12-32-13-15-33(16-14-32)23-6-9-25-22(18-23)19-34(29(25)37)26-10-11-27(35)31-28(26)36/h4-9,18,20,26H,2-3,10-17,19,30H2,1H3,(H,31,35,36)/t20-,26?/m0/s1. The molecular formula is C29H37N5O4. The Morgan fingerprint density at radius 1 is 1.03 bits per heavy atom. The van der Waals surface area contributed by atoms with Gasteiger partial charge in [-0.05, 0) is 74.2 Å². The molecule has 38 heavy (non-hydrogen) atoms. The lowest BCUT2D eigenvalue weighted by Gasteiger charge is -2.36. The summed E-state index contributed by atoms with van der Waals surface area (Å²) >= 11 is 0. The van der Waals surface area contributed by atoms with E-state index in [9.17, 15) is 14.4 Å². The average Bonchev–Trinajstić information content (AvgIpc) is 3.24. The van der Waals surface area contributed by atoms with Gasteiger partial charge in [0, 0.05) is 56.4 Å². The van der Waals surface area contributed by atoms with Crippen molar-refractivity contribution in [2.75, 3.05) is 44.2 Å². The van der Waals surface area contributed by atoms with Gasteiger partial charge in [-0.2, -0.15) is 0 Å². The van der Waals surface area contributed by atoms with Crippen LogP contribution in [-0.4, -0.2) is 72.9 Å². The molecule has 0 radical (unpaired) electrons. The molecule has 3 aliphatic rings. The number of hydrogen-bond acceptors (Lipinski definition) is 7. The topological polar surface area (TPSA) is 108 Å². The van der Waals surface area contributed by atoms with Gasteiger partial charge >= 0.3 is 0 Å². The number of carbonyl (C=O) groups is 3. The zero-order chi connectivity index (χ0) is 26.6. The van der Waals surface area contributed by atoms with E-state index in [1.807, 2.05) is 43.3 Å². The van der Waals surface area contributed by atoms with Crippen molar-refractivity contribution < 1.29 is 19.1 Å². The predicted molar refractivity (Wildman–Crippen MR) is 145 cm³/mol.